The second kappa shape index (κ2) is 22.4. The van der Waals surface area contributed by atoms with E-state index in [-0.39, 0.29) is 21.1 Å². The third-order valence-electron chi connectivity index (χ3n) is 5.84. The van der Waals surface area contributed by atoms with Crippen molar-refractivity contribution in [3.8, 4) is 0 Å². The first kappa shape index (κ1) is 30.2. The molecule has 2 aromatic rings. The van der Waals surface area contributed by atoms with Crippen LogP contribution in [0.2, 0.25) is 0 Å². The Balaban J connectivity index is 0.000000483. The van der Waals surface area contributed by atoms with E-state index in [2.05, 4.69) is 102 Å². The summed E-state index contributed by atoms with van der Waals surface area (Å²) in [6.45, 7) is 13.7. The summed E-state index contributed by atoms with van der Waals surface area (Å²) in [5.74, 6) is 1.91. The van der Waals surface area contributed by atoms with Crippen molar-refractivity contribution in [3.63, 3.8) is 0 Å². The molecule has 0 aliphatic heterocycles. The van der Waals surface area contributed by atoms with Crippen LogP contribution < -0.4 is 0 Å². The van der Waals surface area contributed by atoms with Crippen LogP contribution in [-0.2, 0) is 8.87 Å². The Bertz CT molecular complexity index is 524. The summed E-state index contributed by atoms with van der Waals surface area (Å²) in [7, 11) is 0. The molecule has 2 radical (unpaired) electrons. The molecular formula is C30H50Sn. The van der Waals surface area contributed by atoms with Gasteiger partial charge in [-0.15, -0.1) is 0 Å². The molecule has 0 heterocycles. The van der Waals surface area contributed by atoms with Gasteiger partial charge < -0.3 is 0 Å². The number of unbranched alkanes of at least 4 members (excludes halogenated alkanes) is 2. The Kier molecular flexibility index (Phi) is 21.9. The fourth-order valence-corrected chi connectivity index (χ4v) is 6.41. The van der Waals surface area contributed by atoms with Gasteiger partial charge in [0.25, 0.3) is 0 Å². The van der Waals surface area contributed by atoms with Crippen molar-refractivity contribution >= 4 is 21.1 Å². The maximum atomic E-state index is 2.33. The Morgan fingerprint density at radius 1 is 0.581 bits per heavy atom. The number of benzene rings is 2. The third kappa shape index (κ3) is 19.6. The molecule has 0 bridgehead atoms. The molecule has 0 aliphatic carbocycles. The second-order valence-electron chi connectivity index (χ2n) is 8.89. The summed E-state index contributed by atoms with van der Waals surface area (Å²) >= 11 is -0.258. The van der Waals surface area contributed by atoms with Crippen molar-refractivity contribution in [1.82, 2.24) is 0 Å². The van der Waals surface area contributed by atoms with Crippen molar-refractivity contribution in [2.75, 3.05) is 0 Å². The minimum absolute atomic E-state index is 0.258. The number of hydrogen-bond acceptors (Lipinski definition) is 0. The minimum atomic E-state index is -0.258. The van der Waals surface area contributed by atoms with Crippen molar-refractivity contribution in [2.45, 2.75) is 102 Å². The summed E-state index contributed by atoms with van der Waals surface area (Å²) in [5.41, 5.74) is 3.03. The molecule has 0 aromatic heterocycles. The molecule has 2 unspecified atom stereocenters. The molecule has 2 atom stereocenters. The molecule has 174 valence electrons. The van der Waals surface area contributed by atoms with Gasteiger partial charge in [-0.25, -0.2) is 0 Å². The van der Waals surface area contributed by atoms with Crippen LogP contribution >= 0.6 is 0 Å². The standard InChI is InChI=1S/2C8H18.2C7H7.Sn/c2*1-4-6-7-8(3)5-2;2*1-7-5-3-2-4-6-7;/h2*8H,4-7H2,1-3H3;2*2-6H,1H2;. The zero-order chi connectivity index (χ0) is 23.2. The Labute approximate surface area is 205 Å². The van der Waals surface area contributed by atoms with Crippen LogP contribution in [-0.4, -0.2) is 21.1 Å². The monoisotopic (exact) mass is 530 g/mol. The topological polar surface area (TPSA) is 0 Å². The van der Waals surface area contributed by atoms with E-state index in [0.29, 0.717) is 0 Å². The normalized spacial score (nSPS) is 12.1. The fourth-order valence-electron chi connectivity index (χ4n) is 3.06. The Hall–Kier alpha value is -0.761. The zero-order valence-corrected chi connectivity index (χ0v) is 24.4. The fraction of sp³-hybridized carbons (Fsp3) is 0.600. The van der Waals surface area contributed by atoms with Gasteiger partial charge in [0, 0.05) is 0 Å². The predicted octanol–water partition coefficient (Wildman–Crippen LogP) is 9.54. The second-order valence-corrected chi connectivity index (χ2v) is 12.3. The quantitative estimate of drug-likeness (QED) is 0.240. The van der Waals surface area contributed by atoms with Gasteiger partial charge in [-0.1, -0.05) is 92.9 Å². The molecule has 0 saturated carbocycles. The van der Waals surface area contributed by atoms with Crippen LogP contribution in [0.15, 0.2) is 60.7 Å². The molecule has 2 aromatic carbocycles. The molecule has 31 heavy (non-hydrogen) atoms. The molecular weight excluding hydrogens is 479 g/mol. The van der Waals surface area contributed by atoms with Gasteiger partial charge in [-0.05, 0) is 11.8 Å². The van der Waals surface area contributed by atoms with Crippen LogP contribution in [0.25, 0.3) is 0 Å². The van der Waals surface area contributed by atoms with E-state index in [0.717, 1.165) is 11.8 Å². The summed E-state index contributed by atoms with van der Waals surface area (Å²) in [5, 5.41) is 0. The van der Waals surface area contributed by atoms with Crippen molar-refractivity contribution in [2.24, 2.45) is 11.8 Å². The first-order chi connectivity index (χ1) is 15.1. The van der Waals surface area contributed by atoms with Gasteiger partial charge in [-0.3, -0.25) is 0 Å². The van der Waals surface area contributed by atoms with Crippen LogP contribution in [0.5, 0.6) is 0 Å². The number of hydrogen-bond donors (Lipinski definition) is 0. The van der Waals surface area contributed by atoms with Crippen LogP contribution in [0, 0.1) is 11.8 Å². The molecule has 2 rings (SSSR count). The molecule has 0 N–H and O–H groups in total. The van der Waals surface area contributed by atoms with Gasteiger partial charge in [0.1, 0.15) is 0 Å². The van der Waals surface area contributed by atoms with E-state index in [1.165, 1.54) is 71.4 Å². The van der Waals surface area contributed by atoms with Crippen LogP contribution in [0.3, 0.4) is 0 Å². The number of rotatable bonds is 12. The predicted molar refractivity (Wildman–Crippen MR) is 144 cm³/mol. The van der Waals surface area contributed by atoms with E-state index in [4.69, 9.17) is 0 Å². The van der Waals surface area contributed by atoms with Crippen molar-refractivity contribution in [1.29, 1.82) is 0 Å². The SMILES string of the molecule is CCCCC(C)CC.CCCCC(C)CC.c1ccc([CH2][Sn][CH2]c2ccccc2)cc1. The molecule has 0 amide bonds. The van der Waals surface area contributed by atoms with E-state index in [1.54, 1.807) is 0 Å². The van der Waals surface area contributed by atoms with Gasteiger partial charge in [0.2, 0.25) is 0 Å². The van der Waals surface area contributed by atoms with Crippen LogP contribution in [0.1, 0.15) is 104 Å². The first-order valence-corrected chi connectivity index (χ1v) is 16.9. The molecule has 0 fully saturated rings. The van der Waals surface area contributed by atoms with Crippen molar-refractivity contribution < 1.29 is 0 Å². The Morgan fingerprint density at radius 3 is 1.23 bits per heavy atom. The van der Waals surface area contributed by atoms with Crippen molar-refractivity contribution in [3.05, 3.63) is 71.8 Å². The van der Waals surface area contributed by atoms with E-state index in [9.17, 15) is 0 Å². The molecule has 0 spiro atoms. The molecule has 1 heteroatoms. The molecule has 0 saturated heterocycles. The average molecular weight is 529 g/mol. The van der Waals surface area contributed by atoms with Gasteiger partial charge in [0.15, 0.2) is 0 Å². The molecule has 0 nitrogen and oxygen atoms in total. The summed E-state index contributed by atoms with van der Waals surface area (Å²) in [6, 6.07) is 21.7. The van der Waals surface area contributed by atoms with Gasteiger partial charge in [0.05, 0.1) is 0 Å². The summed E-state index contributed by atoms with van der Waals surface area (Å²) in [4.78, 5) is 0. The maximum absolute atomic E-state index is 2.33. The van der Waals surface area contributed by atoms with Gasteiger partial charge >= 0.3 is 102 Å². The first-order valence-electron chi connectivity index (χ1n) is 12.9. The van der Waals surface area contributed by atoms with E-state index < -0.39 is 0 Å². The van der Waals surface area contributed by atoms with E-state index >= 15 is 0 Å². The average Bonchev–Trinajstić information content (AvgIpc) is 2.83. The molecule has 0 aliphatic rings. The summed E-state index contributed by atoms with van der Waals surface area (Å²) in [6.07, 6.45) is 11.1. The zero-order valence-electron chi connectivity index (χ0n) is 21.5. The van der Waals surface area contributed by atoms with Gasteiger partial charge in [-0.2, -0.15) is 0 Å². The Morgan fingerprint density at radius 2 is 0.935 bits per heavy atom. The summed E-state index contributed by atoms with van der Waals surface area (Å²) < 4.78 is 2.69. The van der Waals surface area contributed by atoms with E-state index in [1.807, 2.05) is 0 Å². The van der Waals surface area contributed by atoms with Crippen LogP contribution in [0.4, 0.5) is 0 Å². The third-order valence-corrected chi connectivity index (χ3v) is 9.60.